The molecule has 0 aromatic heterocycles. The number of halogens is 1. The van der Waals surface area contributed by atoms with Crippen molar-refractivity contribution in [2.75, 3.05) is 22.2 Å². The Hall–Kier alpha value is -0.750. The minimum atomic E-state index is -3.43. The van der Waals surface area contributed by atoms with Gasteiger partial charge in [-0.2, -0.15) is 8.42 Å². The molecule has 100 valence electrons. The average Bonchev–Trinajstić information content (AvgIpc) is 2.39. The van der Waals surface area contributed by atoms with E-state index < -0.39 is 10.2 Å². The largest absolute Gasteiger partial charge is 0.326 e. The third kappa shape index (κ3) is 2.23. The predicted octanol–water partition coefficient (Wildman–Crippen LogP) is 3.00. The van der Waals surface area contributed by atoms with Crippen molar-refractivity contribution in [2.45, 2.75) is 20.8 Å². The Morgan fingerprint density at radius 2 is 1.83 bits per heavy atom. The molecule has 1 aromatic rings. The first kappa shape index (κ1) is 13.7. The van der Waals surface area contributed by atoms with Gasteiger partial charge in [0.15, 0.2) is 0 Å². The van der Waals surface area contributed by atoms with E-state index in [1.165, 1.54) is 8.61 Å². The molecule has 1 aliphatic rings. The molecule has 0 aliphatic carbocycles. The molecule has 2 rings (SSSR count). The summed E-state index contributed by atoms with van der Waals surface area (Å²) in [6.07, 6.45) is 0. The van der Waals surface area contributed by atoms with Crippen LogP contribution in [-0.2, 0) is 10.2 Å². The van der Waals surface area contributed by atoms with Crippen LogP contribution in [0.4, 0.5) is 11.4 Å². The van der Waals surface area contributed by atoms with Crippen LogP contribution in [0.15, 0.2) is 22.7 Å². The molecule has 0 radical (unpaired) electrons. The van der Waals surface area contributed by atoms with Crippen LogP contribution in [0.3, 0.4) is 0 Å². The van der Waals surface area contributed by atoms with Crippen molar-refractivity contribution >= 4 is 37.5 Å². The highest BCUT2D eigenvalue weighted by Gasteiger charge is 2.39. The first-order valence-electron chi connectivity index (χ1n) is 5.69. The summed E-state index contributed by atoms with van der Waals surface area (Å²) >= 11 is 3.37. The third-order valence-electron chi connectivity index (χ3n) is 2.79. The zero-order valence-corrected chi connectivity index (χ0v) is 13.3. The molecule has 4 nitrogen and oxygen atoms in total. The topological polar surface area (TPSA) is 40.6 Å². The van der Waals surface area contributed by atoms with Gasteiger partial charge >= 0.3 is 10.2 Å². The second-order valence-electron chi connectivity index (χ2n) is 5.68. The Balaban J connectivity index is 2.55. The molecule has 0 amide bonds. The van der Waals surface area contributed by atoms with Crippen molar-refractivity contribution in [2.24, 2.45) is 5.41 Å². The van der Waals surface area contributed by atoms with Crippen LogP contribution in [0.1, 0.15) is 20.8 Å². The molecule has 0 atom stereocenters. The molecule has 6 heteroatoms. The number of fused-ring (bicyclic) bond motifs is 1. The second-order valence-corrected chi connectivity index (χ2v) is 8.48. The fourth-order valence-electron chi connectivity index (χ4n) is 1.95. The maximum absolute atomic E-state index is 12.4. The van der Waals surface area contributed by atoms with Gasteiger partial charge in [-0.05, 0) is 23.6 Å². The number of nitrogens with zero attached hydrogens (tertiary/aromatic N) is 2. The average molecular weight is 333 g/mol. The summed E-state index contributed by atoms with van der Waals surface area (Å²) in [5.74, 6) is 0. The highest BCUT2D eigenvalue weighted by molar-refractivity contribution is 9.10. The molecule has 0 saturated carbocycles. The second kappa shape index (κ2) is 4.13. The molecule has 0 bridgehead atoms. The molecular weight excluding hydrogens is 316 g/mol. The molecule has 0 saturated heterocycles. The summed E-state index contributed by atoms with van der Waals surface area (Å²) < 4.78 is 28.4. The minimum absolute atomic E-state index is 0.0946. The van der Waals surface area contributed by atoms with Crippen LogP contribution in [0.25, 0.3) is 0 Å². The lowest BCUT2D eigenvalue weighted by atomic mass is 9.97. The Bertz CT molecular complexity index is 578. The van der Waals surface area contributed by atoms with Gasteiger partial charge in [0.25, 0.3) is 0 Å². The molecule has 0 fully saturated rings. The maximum atomic E-state index is 12.4. The Kier molecular flexibility index (Phi) is 3.14. The number of rotatable bonds is 1. The molecule has 1 heterocycles. The van der Waals surface area contributed by atoms with Crippen molar-refractivity contribution in [1.29, 1.82) is 0 Å². The van der Waals surface area contributed by atoms with E-state index in [1.54, 1.807) is 7.05 Å². The van der Waals surface area contributed by atoms with Gasteiger partial charge in [0.1, 0.15) is 0 Å². The molecule has 0 N–H and O–H groups in total. The Morgan fingerprint density at radius 1 is 1.22 bits per heavy atom. The van der Waals surface area contributed by atoms with E-state index in [2.05, 4.69) is 15.9 Å². The van der Waals surface area contributed by atoms with Crippen LogP contribution < -0.4 is 8.61 Å². The highest BCUT2D eigenvalue weighted by Crippen LogP contribution is 2.42. The SMILES string of the molecule is CN1c2cc(Br)ccc2N(CC(C)(C)C)S1(=O)=O. The van der Waals surface area contributed by atoms with Gasteiger partial charge in [0.05, 0.1) is 11.4 Å². The monoisotopic (exact) mass is 332 g/mol. The van der Waals surface area contributed by atoms with Gasteiger partial charge < -0.3 is 0 Å². The first-order chi connectivity index (χ1) is 8.13. The zero-order chi connectivity index (χ0) is 13.7. The summed E-state index contributed by atoms with van der Waals surface area (Å²) in [4.78, 5) is 0. The number of hydrogen-bond donors (Lipinski definition) is 0. The normalized spacial score (nSPS) is 18.1. The Morgan fingerprint density at radius 3 is 2.39 bits per heavy atom. The zero-order valence-electron chi connectivity index (χ0n) is 10.9. The van der Waals surface area contributed by atoms with Crippen molar-refractivity contribution in [3.05, 3.63) is 22.7 Å². The van der Waals surface area contributed by atoms with Crippen LogP contribution >= 0.6 is 15.9 Å². The van der Waals surface area contributed by atoms with Crippen molar-refractivity contribution in [3.63, 3.8) is 0 Å². The number of anilines is 2. The number of benzene rings is 1. The van der Waals surface area contributed by atoms with Gasteiger partial charge in [-0.25, -0.2) is 0 Å². The van der Waals surface area contributed by atoms with E-state index in [9.17, 15) is 8.42 Å². The summed E-state index contributed by atoms with van der Waals surface area (Å²) in [5.41, 5.74) is 1.37. The summed E-state index contributed by atoms with van der Waals surface area (Å²) in [6, 6.07) is 5.53. The lowest BCUT2D eigenvalue weighted by molar-refractivity contribution is 0.427. The summed E-state index contributed by atoms with van der Waals surface area (Å²) in [7, 11) is -1.84. The molecule has 1 aromatic carbocycles. The Labute approximate surface area is 117 Å². The lowest BCUT2D eigenvalue weighted by Crippen LogP contribution is -2.40. The van der Waals surface area contributed by atoms with Gasteiger partial charge in [-0.1, -0.05) is 36.7 Å². The standard InChI is InChI=1S/C12H17BrN2O2S/c1-12(2,3)8-15-10-6-5-9(13)7-11(10)14(4)18(15,16)17/h5-7H,8H2,1-4H3. The molecule has 0 unspecified atom stereocenters. The van der Waals surface area contributed by atoms with Crippen LogP contribution in [0.5, 0.6) is 0 Å². The molecule has 0 spiro atoms. The van der Waals surface area contributed by atoms with Crippen molar-refractivity contribution in [1.82, 2.24) is 0 Å². The van der Waals surface area contributed by atoms with Gasteiger partial charge in [0, 0.05) is 18.1 Å². The van der Waals surface area contributed by atoms with Gasteiger partial charge in [-0.15, -0.1) is 0 Å². The van der Waals surface area contributed by atoms with Gasteiger partial charge in [0.2, 0.25) is 0 Å². The predicted molar refractivity (Wildman–Crippen MR) is 78.3 cm³/mol. The van der Waals surface area contributed by atoms with E-state index in [0.29, 0.717) is 12.2 Å². The van der Waals surface area contributed by atoms with Crippen LogP contribution in [-0.4, -0.2) is 22.0 Å². The van der Waals surface area contributed by atoms with E-state index in [0.717, 1.165) is 10.2 Å². The summed E-state index contributed by atoms with van der Waals surface area (Å²) in [6.45, 7) is 6.55. The molecular formula is C12H17BrN2O2S. The molecule has 1 aliphatic heterocycles. The third-order valence-corrected chi connectivity index (χ3v) is 5.05. The smallest absolute Gasteiger partial charge is 0.254 e. The van der Waals surface area contributed by atoms with E-state index in [-0.39, 0.29) is 5.41 Å². The lowest BCUT2D eigenvalue weighted by Gasteiger charge is -2.27. The fourth-order valence-corrected chi connectivity index (χ4v) is 3.95. The van der Waals surface area contributed by atoms with Crippen molar-refractivity contribution in [3.8, 4) is 0 Å². The van der Waals surface area contributed by atoms with Gasteiger partial charge in [-0.3, -0.25) is 8.61 Å². The minimum Gasteiger partial charge on any atom is -0.254 e. The van der Waals surface area contributed by atoms with Crippen LogP contribution in [0, 0.1) is 5.41 Å². The first-order valence-corrected chi connectivity index (χ1v) is 7.88. The van der Waals surface area contributed by atoms with E-state index in [1.807, 2.05) is 39.0 Å². The summed E-state index contributed by atoms with van der Waals surface area (Å²) in [5, 5.41) is 0. The fraction of sp³-hybridized carbons (Fsp3) is 0.500. The van der Waals surface area contributed by atoms with E-state index >= 15 is 0 Å². The van der Waals surface area contributed by atoms with Crippen LogP contribution in [0.2, 0.25) is 0 Å². The van der Waals surface area contributed by atoms with E-state index in [4.69, 9.17) is 0 Å². The molecule has 18 heavy (non-hydrogen) atoms. The maximum Gasteiger partial charge on any atom is 0.326 e. The quantitative estimate of drug-likeness (QED) is 0.793. The van der Waals surface area contributed by atoms with Crippen molar-refractivity contribution < 1.29 is 8.42 Å². The number of hydrogen-bond acceptors (Lipinski definition) is 2. The highest BCUT2D eigenvalue weighted by atomic mass is 79.9.